The van der Waals surface area contributed by atoms with Gasteiger partial charge in [-0.15, -0.1) is 0 Å². The van der Waals surface area contributed by atoms with Gasteiger partial charge >= 0.3 is 0 Å². The highest BCUT2D eigenvalue weighted by molar-refractivity contribution is 6.11. The maximum Gasteiger partial charge on any atom is 0.0726 e. The number of fused-ring (bicyclic) bond motifs is 15. The van der Waals surface area contributed by atoms with Gasteiger partial charge in [-0.25, -0.2) is 0 Å². The summed E-state index contributed by atoms with van der Waals surface area (Å²) in [4.78, 5) is 2.37. The van der Waals surface area contributed by atoms with Crippen molar-refractivity contribution >= 4 is 49.6 Å². The highest BCUT2D eigenvalue weighted by atomic mass is 15.1. The molecular formula is C72H46N2. The Morgan fingerprint density at radius 3 is 1.42 bits per heavy atom. The molecule has 0 aliphatic heterocycles. The zero-order valence-electron chi connectivity index (χ0n) is 46.0. The zero-order valence-corrected chi connectivity index (χ0v) is 40.0. The molecule has 2 nitrogen and oxygen atoms in total. The molecule has 74 heavy (non-hydrogen) atoms. The second-order valence-corrected chi connectivity index (χ2v) is 19.8. The van der Waals surface area contributed by atoms with Gasteiger partial charge in [0.25, 0.3) is 0 Å². The number of para-hydroxylation sites is 2. The molecule has 1 spiro atoms. The topological polar surface area (TPSA) is 8.17 Å². The number of hydrogen-bond acceptors (Lipinski definition) is 1. The van der Waals surface area contributed by atoms with Gasteiger partial charge in [0, 0.05) is 33.5 Å². The lowest BCUT2D eigenvalue weighted by atomic mass is 9.61. The fraction of sp³-hybridized carbons (Fsp3) is 0.0278. The maximum absolute atomic E-state index is 10.1. The third-order valence-electron chi connectivity index (χ3n) is 16.4. The first-order valence-electron chi connectivity index (χ1n) is 28.3. The Bertz CT molecular complexity index is 4750. The minimum Gasteiger partial charge on any atom is -0.310 e. The summed E-state index contributed by atoms with van der Waals surface area (Å²) in [5.74, 6) is 0. The summed E-state index contributed by atoms with van der Waals surface area (Å²) in [7, 11) is 0. The number of hydrogen-bond donors (Lipinski definition) is 0. The average molecular weight is 945 g/mol. The van der Waals surface area contributed by atoms with E-state index in [1.807, 2.05) is 30.3 Å². The van der Waals surface area contributed by atoms with Crippen LogP contribution in [0.5, 0.6) is 0 Å². The summed E-state index contributed by atoms with van der Waals surface area (Å²) in [6, 6.07) is 84.9. The Balaban J connectivity index is 1.03. The Hall–Kier alpha value is -9.50. The van der Waals surface area contributed by atoms with Crippen LogP contribution in [0.4, 0.5) is 17.1 Å². The molecule has 0 saturated heterocycles. The summed E-state index contributed by atoms with van der Waals surface area (Å²) >= 11 is 0. The standard InChI is InChI=1S/C72H46N2/c1-4-22-48(23-5-1)71(49-24-6-2-7-25-49)62-33-14-10-28-54(62)57-41-38-51(44-66(57)71)73(53-40-43-60-59-31-13-17-37-68(59)74(69(60)46-53)50-26-8-3-9-27-50)52-39-42-58-55-29-11-15-34-63(55)72(67(58)45-52)64-35-16-12-30-56(64)61-32-18-20-47-21-19-36-65(72)70(47)61/h1-46H/i18D,19D,20D,21D,32D,36D. The minimum absolute atomic E-state index is 0.121. The highest BCUT2D eigenvalue weighted by Gasteiger charge is 2.51. The van der Waals surface area contributed by atoms with Crippen molar-refractivity contribution in [3.05, 3.63) is 323 Å². The van der Waals surface area contributed by atoms with Gasteiger partial charge < -0.3 is 9.47 Å². The van der Waals surface area contributed by atoms with Gasteiger partial charge in [-0.1, -0.05) is 224 Å². The highest BCUT2D eigenvalue weighted by Crippen LogP contribution is 2.63. The SMILES string of the molecule is [2H]c1c([2H])c2c3c(c([2H])c([2H])c([2H])c3c1[2H])C1(c3ccccc3-c3ccc(N(c4ccc5c(c4)C(c4ccccc4)(c4ccccc4)c4ccccc4-5)c4ccc5c6ccccc6n(-c6ccccc6)c5c4)cc31)c1ccccc1-2. The summed E-state index contributed by atoms with van der Waals surface area (Å²) in [6.45, 7) is 0. The third-order valence-corrected chi connectivity index (χ3v) is 16.4. The summed E-state index contributed by atoms with van der Waals surface area (Å²) in [5.41, 5.74) is 17.2. The van der Waals surface area contributed by atoms with Gasteiger partial charge in [-0.05, 0) is 143 Å². The van der Waals surface area contributed by atoms with Crippen molar-refractivity contribution in [2.24, 2.45) is 0 Å². The van der Waals surface area contributed by atoms with Crippen LogP contribution in [-0.4, -0.2) is 4.57 Å². The van der Waals surface area contributed by atoms with Crippen molar-refractivity contribution in [2.45, 2.75) is 10.8 Å². The fourth-order valence-corrected chi connectivity index (χ4v) is 13.6. The largest absolute Gasteiger partial charge is 0.310 e. The Labute approximate surface area is 438 Å². The van der Waals surface area contributed by atoms with Crippen LogP contribution in [-0.2, 0) is 10.8 Å². The molecule has 1 heterocycles. The molecule has 0 radical (unpaired) electrons. The van der Waals surface area contributed by atoms with Gasteiger partial charge in [0.05, 0.1) is 30.1 Å². The van der Waals surface area contributed by atoms with Crippen LogP contribution in [0.2, 0.25) is 0 Å². The van der Waals surface area contributed by atoms with Gasteiger partial charge in [0.2, 0.25) is 0 Å². The number of benzene rings is 12. The van der Waals surface area contributed by atoms with E-state index in [4.69, 9.17) is 1.37 Å². The van der Waals surface area contributed by atoms with Crippen LogP contribution in [0, 0.1) is 0 Å². The van der Waals surface area contributed by atoms with Crippen molar-refractivity contribution in [1.82, 2.24) is 4.57 Å². The van der Waals surface area contributed by atoms with Crippen LogP contribution in [0.25, 0.3) is 71.6 Å². The first-order valence-corrected chi connectivity index (χ1v) is 25.3. The van der Waals surface area contributed by atoms with Crippen molar-refractivity contribution < 1.29 is 8.22 Å². The first kappa shape index (κ1) is 35.6. The number of aromatic nitrogens is 1. The van der Waals surface area contributed by atoms with Gasteiger partial charge in [-0.3, -0.25) is 0 Å². The fourth-order valence-electron chi connectivity index (χ4n) is 13.6. The number of nitrogens with zero attached hydrogens (tertiary/aromatic N) is 2. The molecule has 1 unspecified atom stereocenters. The molecule has 2 heteroatoms. The van der Waals surface area contributed by atoms with Crippen LogP contribution in [0.15, 0.2) is 279 Å². The molecule has 0 fully saturated rings. The van der Waals surface area contributed by atoms with E-state index in [0.717, 1.165) is 94.6 Å². The van der Waals surface area contributed by atoms with Crippen LogP contribution in [0.3, 0.4) is 0 Å². The predicted octanol–water partition coefficient (Wildman–Crippen LogP) is 18.1. The van der Waals surface area contributed by atoms with Crippen LogP contribution < -0.4 is 4.90 Å². The Morgan fingerprint density at radius 2 is 0.784 bits per heavy atom. The number of anilines is 3. The van der Waals surface area contributed by atoms with E-state index >= 15 is 0 Å². The molecule has 344 valence electrons. The summed E-state index contributed by atoms with van der Waals surface area (Å²) < 4.78 is 59.3. The van der Waals surface area contributed by atoms with Gasteiger partial charge in [0.15, 0.2) is 0 Å². The summed E-state index contributed by atoms with van der Waals surface area (Å²) in [5, 5.41) is 2.81. The monoisotopic (exact) mass is 944 g/mol. The maximum atomic E-state index is 10.1. The van der Waals surface area contributed by atoms with Crippen molar-refractivity contribution in [3.63, 3.8) is 0 Å². The molecule has 16 rings (SSSR count). The lowest BCUT2D eigenvalue weighted by molar-refractivity contribution is 0.768. The van der Waals surface area contributed by atoms with Crippen LogP contribution in [0.1, 0.15) is 52.7 Å². The lowest BCUT2D eigenvalue weighted by Crippen LogP contribution is -2.32. The van der Waals surface area contributed by atoms with Crippen molar-refractivity contribution in [3.8, 4) is 39.1 Å². The van der Waals surface area contributed by atoms with E-state index in [0.29, 0.717) is 22.1 Å². The van der Waals surface area contributed by atoms with E-state index in [-0.39, 0.29) is 41.6 Å². The molecule has 1 atom stereocenters. The first-order chi connectivity index (χ1) is 39.2. The Kier molecular flexibility index (Phi) is 7.45. The molecule has 3 aliphatic carbocycles. The van der Waals surface area contributed by atoms with Gasteiger partial charge in [-0.2, -0.15) is 0 Å². The van der Waals surface area contributed by atoms with Gasteiger partial charge in [0.1, 0.15) is 0 Å². The quantitative estimate of drug-likeness (QED) is 0.161. The molecule has 0 amide bonds. The van der Waals surface area contributed by atoms with Crippen LogP contribution >= 0.6 is 0 Å². The molecular weight excluding hydrogens is 893 g/mol. The van der Waals surface area contributed by atoms with E-state index in [9.17, 15) is 6.85 Å². The average Bonchev–Trinajstić information content (AvgIpc) is 4.23. The molecule has 12 aromatic carbocycles. The molecule has 0 saturated carbocycles. The zero-order chi connectivity index (χ0) is 53.8. The predicted molar refractivity (Wildman–Crippen MR) is 307 cm³/mol. The molecule has 13 aromatic rings. The van der Waals surface area contributed by atoms with E-state index in [1.54, 1.807) is 0 Å². The second kappa shape index (κ2) is 15.5. The third kappa shape index (κ3) is 5.39. The van der Waals surface area contributed by atoms with Crippen molar-refractivity contribution in [1.29, 1.82) is 0 Å². The van der Waals surface area contributed by atoms with E-state index in [2.05, 4.69) is 222 Å². The lowest BCUT2D eigenvalue weighted by Gasteiger charge is -2.40. The van der Waals surface area contributed by atoms with E-state index in [1.165, 1.54) is 11.1 Å². The van der Waals surface area contributed by atoms with E-state index < -0.39 is 10.8 Å². The minimum atomic E-state index is -1.24. The smallest absolute Gasteiger partial charge is 0.0726 e. The molecule has 0 N–H and O–H groups in total. The normalized spacial score (nSPS) is 16.3. The molecule has 3 aliphatic rings. The number of rotatable bonds is 6. The Morgan fingerprint density at radius 1 is 0.324 bits per heavy atom. The van der Waals surface area contributed by atoms with Crippen molar-refractivity contribution in [2.75, 3.05) is 4.90 Å². The second-order valence-electron chi connectivity index (χ2n) is 19.8. The summed E-state index contributed by atoms with van der Waals surface area (Å²) in [6.07, 6.45) is 0. The molecule has 0 bridgehead atoms. The molecule has 1 aromatic heterocycles.